The third-order valence-corrected chi connectivity index (χ3v) is 3.92. The molecule has 6 nitrogen and oxygen atoms in total. The summed E-state index contributed by atoms with van der Waals surface area (Å²) < 4.78 is 7.39. The Morgan fingerprint density at radius 3 is 2.80 bits per heavy atom. The highest BCUT2D eigenvalue weighted by atomic mass is 16.4. The largest absolute Gasteiger partial charge is 0.423 e. The van der Waals surface area contributed by atoms with Gasteiger partial charge < -0.3 is 14.3 Å². The van der Waals surface area contributed by atoms with Crippen molar-refractivity contribution in [1.29, 1.82) is 0 Å². The molecule has 0 amide bonds. The van der Waals surface area contributed by atoms with Crippen LogP contribution in [0.25, 0.3) is 11.5 Å². The van der Waals surface area contributed by atoms with E-state index in [1.54, 1.807) is 0 Å². The first-order chi connectivity index (χ1) is 12.4. The first-order valence-electron chi connectivity index (χ1n) is 8.03. The number of anilines is 1. The topological polar surface area (TPSA) is 68.8 Å². The summed E-state index contributed by atoms with van der Waals surface area (Å²) in [6.07, 6.45) is 5.16. The molecule has 2 heterocycles. The summed E-state index contributed by atoms with van der Waals surface area (Å²) in [5.74, 6) is 1.49. The first-order valence-corrected chi connectivity index (χ1v) is 8.03. The van der Waals surface area contributed by atoms with Crippen LogP contribution in [0.5, 0.6) is 0 Å². The monoisotopic (exact) mass is 331 g/mol. The van der Waals surface area contributed by atoms with Gasteiger partial charge in [0.1, 0.15) is 5.82 Å². The second kappa shape index (κ2) is 7.00. The van der Waals surface area contributed by atoms with Gasteiger partial charge in [-0.05, 0) is 23.8 Å². The van der Waals surface area contributed by atoms with Crippen LogP contribution in [0.15, 0.2) is 77.8 Å². The zero-order chi connectivity index (χ0) is 16.9. The van der Waals surface area contributed by atoms with Crippen molar-refractivity contribution in [3.05, 3.63) is 84.8 Å². The average molecular weight is 331 g/mol. The van der Waals surface area contributed by atoms with Crippen LogP contribution in [0.2, 0.25) is 0 Å². The Hall–Kier alpha value is -3.41. The van der Waals surface area contributed by atoms with Crippen LogP contribution >= 0.6 is 0 Å². The molecule has 0 radical (unpaired) electrons. The molecule has 124 valence electrons. The Bertz CT molecular complexity index is 931. The van der Waals surface area contributed by atoms with Crippen molar-refractivity contribution in [2.45, 2.75) is 13.1 Å². The van der Waals surface area contributed by atoms with E-state index in [-0.39, 0.29) is 0 Å². The Morgan fingerprint density at radius 1 is 1.04 bits per heavy atom. The van der Waals surface area contributed by atoms with Crippen molar-refractivity contribution in [2.24, 2.45) is 0 Å². The SMILES string of the molecule is c1ccc(Cn2ccnc2CNc2cccc(-c3nnco3)c2)cc1. The zero-order valence-electron chi connectivity index (χ0n) is 13.5. The fourth-order valence-corrected chi connectivity index (χ4v) is 2.67. The number of rotatable bonds is 6. The average Bonchev–Trinajstić information content (AvgIpc) is 3.33. The van der Waals surface area contributed by atoms with Crippen LogP contribution in [-0.2, 0) is 13.1 Å². The highest BCUT2D eigenvalue weighted by Crippen LogP contribution is 2.20. The number of hydrogen-bond donors (Lipinski definition) is 1. The lowest BCUT2D eigenvalue weighted by Crippen LogP contribution is -2.09. The minimum atomic E-state index is 0.509. The maximum atomic E-state index is 5.24. The van der Waals surface area contributed by atoms with Crippen molar-refractivity contribution in [3.63, 3.8) is 0 Å². The molecule has 2 aromatic heterocycles. The lowest BCUT2D eigenvalue weighted by Gasteiger charge is -2.10. The molecule has 6 heteroatoms. The third kappa shape index (κ3) is 3.58. The van der Waals surface area contributed by atoms with E-state index < -0.39 is 0 Å². The molecule has 1 N–H and O–H groups in total. The summed E-state index contributed by atoms with van der Waals surface area (Å²) in [7, 11) is 0. The smallest absolute Gasteiger partial charge is 0.247 e. The molecule has 25 heavy (non-hydrogen) atoms. The van der Waals surface area contributed by atoms with Gasteiger partial charge in [-0.2, -0.15) is 0 Å². The molecular formula is C19H17N5O. The van der Waals surface area contributed by atoms with E-state index in [1.807, 2.05) is 54.9 Å². The molecule has 2 aromatic carbocycles. The number of hydrogen-bond acceptors (Lipinski definition) is 5. The van der Waals surface area contributed by atoms with Crippen LogP contribution < -0.4 is 5.32 Å². The molecule has 0 saturated heterocycles. The fourth-order valence-electron chi connectivity index (χ4n) is 2.67. The van der Waals surface area contributed by atoms with Crippen molar-refractivity contribution in [3.8, 4) is 11.5 Å². The molecule has 0 fully saturated rings. The van der Waals surface area contributed by atoms with Gasteiger partial charge in [0.2, 0.25) is 12.3 Å². The standard InChI is InChI=1S/C19H17N5O/c1-2-5-15(6-3-1)13-24-10-9-20-18(24)12-21-17-8-4-7-16(11-17)19-23-22-14-25-19/h1-11,14,21H,12-13H2. The van der Waals surface area contributed by atoms with Gasteiger partial charge in [-0.15, -0.1) is 10.2 Å². The van der Waals surface area contributed by atoms with E-state index >= 15 is 0 Å². The summed E-state index contributed by atoms with van der Waals surface area (Å²) in [4.78, 5) is 4.46. The van der Waals surface area contributed by atoms with Crippen LogP contribution in [0.1, 0.15) is 11.4 Å². The van der Waals surface area contributed by atoms with Crippen molar-refractivity contribution in [1.82, 2.24) is 19.7 Å². The first kappa shape index (κ1) is 15.1. The molecule has 0 aliphatic carbocycles. The van der Waals surface area contributed by atoms with E-state index in [2.05, 4.69) is 37.2 Å². The summed E-state index contributed by atoms with van der Waals surface area (Å²) in [6, 6.07) is 18.2. The lowest BCUT2D eigenvalue weighted by atomic mass is 10.2. The Kier molecular flexibility index (Phi) is 4.24. The van der Waals surface area contributed by atoms with E-state index in [4.69, 9.17) is 4.42 Å². The van der Waals surface area contributed by atoms with E-state index in [9.17, 15) is 0 Å². The third-order valence-electron chi connectivity index (χ3n) is 3.92. The second-order valence-electron chi connectivity index (χ2n) is 5.64. The van der Waals surface area contributed by atoms with Gasteiger partial charge in [-0.1, -0.05) is 36.4 Å². The number of nitrogens with zero attached hydrogens (tertiary/aromatic N) is 4. The van der Waals surface area contributed by atoms with Crippen LogP contribution in [0, 0.1) is 0 Å². The number of nitrogens with one attached hydrogen (secondary N) is 1. The molecule has 0 spiro atoms. The van der Waals surface area contributed by atoms with E-state index in [1.165, 1.54) is 12.0 Å². The summed E-state index contributed by atoms with van der Waals surface area (Å²) in [5, 5.41) is 11.1. The minimum Gasteiger partial charge on any atom is -0.423 e. The molecule has 0 aliphatic heterocycles. The van der Waals surface area contributed by atoms with Gasteiger partial charge in [0.25, 0.3) is 0 Å². The van der Waals surface area contributed by atoms with E-state index in [0.29, 0.717) is 12.4 Å². The summed E-state index contributed by atoms with van der Waals surface area (Å²) in [5.41, 5.74) is 3.11. The quantitative estimate of drug-likeness (QED) is 0.585. The molecule has 0 saturated carbocycles. The van der Waals surface area contributed by atoms with Crippen molar-refractivity contribution < 1.29 is 4.42 Å². The van der Waals surface area contributed by atoms with Gasteiger partial charge in [0, 0.05) is 30.2 Å². The molecule has 4 aromatic rings. The van der Waals surface area contributed by atoms with Crippen molar-refractivity contribution in [2.75, 3.05) is 5.32 Å². The number of imidazole rings is 1. The van der Waals surface area contributed by atoms with Crippen LogP contribution in [0.4, 0.5) is 5.69 Å². The normalized spacial score (nSPS) is 10.7. The molecule has 4 rings (SSSR count). The molecule has 0 aliphatic rings. The Morgan fingerprint density at radius 2 is 1.96 bits per heavy atom. The summed E-state index contributed by atoms with van der Waals surface area (Å²) in [6.45, 7) is 1.44. The van der Waals surface area contributed by atoms with Gasteiger partial charge in [0.15, 0.2) is 0 Å². The Labute approximate surface area is 145 Å². The Balaban J connectivity index is 1.46. The lowest BCUT2D eigenvalue weighted by molar-refractivity contribution is 0.568. The maximum Gasteiger partial charge on any atom is 0.247 e. The second-order valence-corrected chi connectivity index (χ2v) is 5.64. The number of benzene rings is 2. The van der Waals surface area contributed by atoms with Crippen LogP contribution in [-0.4, -0.2) is 19.7 Å². The summed E-state index contributed by atoms with van der Waals surface area (Å²) >= 11 is 0. The van der Waals surface area contributed by atoms with E-state index in [0.717, 1.165) is 23.6 Å². The molecule has 0 atom stereocenters. The molecule has 0 bridgehead atoms. The molecule has 0 unspecified atom stereocenters. The highest BCUT2D eigenvalue weighted by molar-refractivity contribution is 5.60. The number of aromatic nitrogens is 4. The van der Waals surface area contributed by atoms with Crippen molar-refractivity contribution >= 4 is 5.69 Å². The fraction of sp³-hybridized carbons (Fsp3) is 0.105. The zero-order valence-corrected chi connectivity index (χ0v) is 13.5. The van der Waals surface area contributed by atoms with Gasteiger partial charge >= 0.3 is 0 Å². The van der Waals surface area contributed by atoms with Gasteiger partial charge in [-0.3, -0.25) is 0 Å². The minimum absolute atomic E-state index is 0.509. The molecular weight excluding hydrogens is 314 g/mol. The maximum absolute atomic E-state index is 5.24. The van der Waals surface area contributed by atoms with Crippen LogP contribution in [0.3, 0.4) is 0 Å². The highest BCUT2D eigenvalue weighted by Gasteiger charge is 2.06. The van der Waals surface area contributed by atoms with Gasteiger partial charge in [0.05, 0.1) is 6.54 Å². The predicted octanol–water partition coefficient (Wildman–Crippen LogP) is 3.59. The predicted molar refractivity (Wildman–Crippen MR) is 94.8 cm³/mol. The van der Waals surface area contributed by atoms with Gasteiger partial charge in [-0.25, -0.2) is 4.98 Å².